The summed E-state index contributed by atoms with van der Waals surface area (Å²) in [5, 5.41) is 1.90. The van der Waals surface area contributed by atoms with Gasteiger partial charge in [0.05, 0.1) is 9.65 Å². The molecule has 88 valence electrons. The fourth-order valence-corrected chi connectivity index (χ4v) is 4.28. The van der Waals surface area contributed by atoms with Gasteiger partial charge in [0.25, 0.3) is 0 Å². The maximum Gasteiger partial charge on any atom is 0.234 e. The second-order valence-electron chi connectivity index (χ2n) is 4.62. The molecule has 0 heterocycles. The van der Waals surface area contributed by atoms with Crippen molar-refractivity contribution in [3.63, 3.8) is 0 Å². The van der Waals surface area contributed by atoms with Gasteiger partial charge in [0.1, 0.15) is 0 Å². The van der Waals surface area contributed by atoms with Crippen molar-refractivity contribution in [2.24, 2.45) is 0 Å². The van der Waals surface area contributed by atoms with Crippen molar-refractivity contribution < 1.29 is 9.59 Å². The number of Topliss-reactive ketones (excluding diaryl/α,β-unsaturated/α-hetero) is 2. The summed E-state index contributed by atoms with van der Waals surface area (Å²) in [5.74, 6) is -0.754. The highest BCUT2D eigenvalue weighted by molar-refractivity contribution is 9.12. The normalized spacial score (nSPS) is 24.3. The van der Waals surface area contributed by atoms with Crippen LogP contribution in [0, 0.1) is 0 Å². The first-order chi connectivity index (χ1) is 8.61. The van der Waals surface area contributed by atoms with Crippen molar-refractivity contribution in [3.8, 4) is 0 Å². The average Bonchev–Trinajstić information content (AvgIpc) is 2.77. The van der Waals surface area contributed by atoms with Crippen LogP contribution in [0.1, 0.15) is 41.5 Å². The third-order valence-electron chi connectivity index (χ3n) is 3.77. The highest BCUT2D eigenvalue weighted by atomic mass is 79.9. The monoisotopic (exact) mass is 364 g/mol. The lowest BCUT2D eigenvalue weighted by atomic mass is 10.0. The molecular weight excluding hydrogens is 360 g/mol. The number of ketones is 2. The van der Waals surface area contributed by atoms with Crippen molar-refractivity contribution in [2.45, 2.75) is 9.65 Å². The summed E-state index contributed by atoms with van der Waals surface area (Å²) in [7, 11) is 0. The van der Waals surface area contributed by atoms with Gasteiger partial charge >= 0.3 is 0 Å². The highest BCUT2D eigenvalue weighted by Crippen LogP contribution is 2.54. The summed E-state index contributed by atoms with van der Waals surface area (Å²) in [6.07, 6.45) is 0. The summed E-state index contributed by atoms with van der Waals surface area (Å²) < 4.78 is 0. The molecule has 2 aliphatic carbocycles. The molecule has 2 aromatic rings. The van der Waals surface area contributed by atoms with Crippen LogP contribution in [0.5, 0.6) is 0 Å². The van der Waals surface area contributed by atoms with E-state index in [1.54, 1.807) is 12.1 Å². The van der Waals surface area contributed by atoms with Gasteiger partial charge in [-0.25, -0.2) is 0 Å². The second kappa shape index (κ2) is 3.31. The molecule has 0 radical (unpaired) electrons. The van der Waals surface area contributed by atoms with Crippen molar-refractivity contribution in [3.05, 3.63) is 46.5 Å². The molecule has 0 bridgehead atoms. The first kappa shape index (κ1) is 10.9. The van der Waals surface area contributed by atoms with E-state index in [0.717, 1.165) is 21.9 Å². The molecule has 2 atom stereocenters. The summed E-state index contributed by atoms with van der Waals surface area (Å²) >= 11 is 7.32. The first-order valence-corrected chi connectivity index (χ1v) is 7.41. The summed E-state index contributed by atoms with van der Waals surface area (Å²) in [6, 6.07) is 7.44. The Hall–Kier alpha value is -1.000. The van der Waals surface area contributed by atoms with Crippen LogP contribution < -0.4 is 0 Å². The van der Waals surface area contributed by atoms with E-state index in [9.17, 15) is 9.59 Å². The zero-order chi connectivity index (χ0) is 12.6. The molecule has 2 nitrogen and oxygen atoms in total. The van der Waals surface area contributed by atoms with Gasteiger partial charge in [-0.15, -0.1) is 0 Å². The molecule has 0 saturated heterocycles. The highest BCUT2D eigenvalue weighted by Gasteiger charge is 2.38. The molecule has 4 rings (SSSR count). The van der Waals surface area contributed by atoms with Gasteiger partial charge < -0.3 is 0 Å². The maximum atomic E-state index is 11.9. The lowest BCUT2D eigenvalue weighted by Gasteiger charge is -2.07. The van der Waals surface area contributed by atoms with Gasteiger partial charge in [0.15, 0.2) is 0 Å². The SMILES string of the molecule is O=C1C(=O)c2ccc3c4c(ccc1c24)C(Br)C3Br. The Kier molecular flexibility index (Phi) is 2.00. The zero-order valence-corrected chi connectivity index (χ0v) is 12.2. The van der Waals surface area contributed by atoms with Crippen LogP contribution in [-0.4, -0.2) is 11.6 Å². The molecule has 4 heteroatoms. The van der Waals surface area contributed by atoms with E-state index in [1.807, 2.05) is 12.1 Å². The van der Waals surface area contributed by atoms with Crippen LogP contribution in [0.25, 0.3) is 10.8 Å². The number of hydrogen-bond acceptors (Lipinski definition) is 2. The number of carbonyl (C=O) groups excluding carboxylic acids is 2. The predicted molar refractivity (Wildman–Crippen MR) is 75.9 cm³/mol. The van der Waals surface area contributed by atoms with Gasteiger partial charge in [-0.2, -0.15) is 0 Å². The lowest BCUT2D eigenvalue weighted by Crippen LogP contribution is -2.06. The molecule has 2 aliphatic rings. The van der Waals surface area contributed by atoms with E-state index < -0.39 is 0 Å². The van der Waals surface area contributed by atoms with Gasteiger partial charge in [0.2, 0.25) is 11.6 Å². The van der Waals surface area contributed by atoms with Gasteiger partial charge in [0, 0.05) is 16.5 Å². The van der Waals surface area contributed by atoms with Crippen molar-refractivity contribution in [2.75, 3.05) is 0 Å². The molecule has 0 aromatic heterocycles. The van der Waals surface area contributed by atoms with Gasteiger partial charge in [-0.05, 0) is 28.6 Å². The summed E-state index contributed by atoms with van der Waals surface area (Å²) in [4.78, 5) is 24.2. The number of alkyl halides is 2. The molecule has 0 saturated carbocycles. The lowest BCUT2D eigenvalue weighted by molar-refractivity contribution is 0.0825. The second-order valence-corrected chi connectivity index (χ2v) is 6.59. The Labute approximate surface area is 120 Å². The quantitative estimate of drug-likeness (QED) is 0.520. The van der Waals surface area contributed by atoms with Crippen molar-refractivity contribution >= 4 is 54.2 Å². The molecule has 0 amide bonds. The number of hydrogen-bond donors (Lipinski definition) is 0. The van der Waals surface area contributed by atoms with E-state index in [-0.39, 0.29) is 21.2 Å². The van der Waals surface area contributed by atoms with E-state index in [1.165, 1.54) is 0 Å². The van der Waals surface area contributed by atoms with Crippen LogP contribution in [-0.2, 0) is 0 Å². The molecule has 0 fully saturated rings. The molecule has 0 aliphatic heterocycles. The number of benzene rings is 2. The number of rotatable bonds is 0. The number of halogens is 2. The molecule has 0 spiro atoms. The molecule has 0 N–H and O–H groups in total. The Morgan fingerprint density at radius 2 is 1.17 bits per heavy atom. The molecule has 2 aromatic carbocycles. The minimum atomic E-state index is -0.377. The molecule has 18 heavy (non-hydrogen) atoms. The van der Waals surface area contributed by atoms with Crippen molar-refractivity contribution in [1.29, 1.82) is 0 Å². The fraction of sp³-hybridized carbons (Fsp3) is 0.143. The van der Waals surface area contributed by atoms with Crippen LogP contribution in [0.15, 0.2) is 24.3 Å². The van der Waals surface area contributed by atoms with Crippen LogP contribution >= 0.6 is 31.9 Å². The van der Waals surface area contributed by atoms with Crippen LogP contribution in [0.4, 0.5) is 0 Å². The van der Waals surface area contributed by atoms with Crippen LogP contribution in [0.2, 0.25) is 0 Å². The predicted octanol–water partition coefficient (Wildman–Crippen LogP) is 4.10. The molecule has 2 unspecified atom stereocenters. The van der Waals surface area contributed by atoms with Crippen LogP contribution in [0.3, 0.4) is 0 Å². The standard InChI is InChI=1S/C14H6Br2O2/c15-11-5-1-3-7-10-8(14(18)13(7)17)4-2-6(9(5)10)12(11)16/h1-4,11-12H. The van der Waals surface area contributed by atoms with E-state index in [0.29, 0.717) is 11.1 Å². The Morgan fingerprint density at radius 1 is 0.722 bits per heavy atom. The third kappa shape index (κ3) is 1.05. The smallest absolute Gasteiger partial charge is 0.234 e. The Balaban J connectivity index is 2.27. The van der Waals surface area contributed by atoms with E-state index in [4.69, 9.17) is 0 Å². The largest absolute Gasteiger partial charge is 0.285 e. The van der Waals surface area contributed by atoms with Gasteiger partial charge in [-0.1, -0.05) is 44.0 Å². The Bertz CT molecular complexity index is 703. The third-order valence-corrected chi connectivity index (χ3v) is 6.53. The summed E-state index contributed by atoms with van der Waals surface area (Å²) in [6.45, 7) is 0. The number of carbonyl (C=O) groups is 2. The first-order valence-electron chi connectivity index (χ1n) is 5.58. The minimum absolute atomic E-state index is 0.183. The minimum Gasteiger partial charge on any atom is -0.285 e. The molecular formula is C14H6Br2O2. The van der Waals surface area contributed by atoms with E-state index in [2.05, 4.69) is 31.9 Å². The maximum absolute atomic E-state index is 11.9. The van der Waals surface area contributed by atoms with E-state index >= 15 is 0 Å². The average molecular weight is 366 g/mol. The fourth-order valence-electron chi connectivity index (χ4n) is 2.95. The Morgan fingerprint density at radius 3 is 1.61 bits per heavy atom. The van der Waals surface area contributed by atoms with Gasteiger partial charge in [-0.3, -0.25) is 9.59 Å². The zero-order valence-electron chi connectivity index (χ0n) is 9.04. The topological polar surface area (TPSA) is 34.1 Å². The van der Waals surface area contributed by atoms with Crippen molar-refractivity contribution in [1.82, 2.24) is 0 Å². The summed E-state index contributed by atoms with van der Waals surface area (Å²) in [5.41, 5.74) is 3.40.